The minimum atomic E-state index is -0.731. The Morgan fingerprint density at radius 2 is 2.07 bits per heavy atom. The lowest BCUT2D eigenvalue weighted by atomic mass is 9.96. The van der Waals surface area contributed by atoms with Gasteiger partial charge in [0.05, 0.1) is 0 Å². The maximum Gasteiger partial charge on any atom is 0.417 e. The molecule has 1 N–H and O–H groups in total. The highest BCUT2D eigenvalue weighted by Gasteiger charge is 2.39. The van der Waals surface area contributed by atoms with Crippen LogP contribution in [0.3, 0.4) is 0 Å². The number of benzene rings is 1. The van der Waals surface area contributed by atoms with Crippen molar-refractivity contribution in [2.24, 2.45) is 5.92 Å². The van der Waals surface area contributed by atoms with Crippen molar-refractivity contribution in [1.29, 1.82) is 0 Å². The number of hydrogen-bond acceptors (Lipinski definition) is 4. The molecule has 5 heteroatoms. The van der Waals surface area contributed by atoms with E-state index in [0.717, 1.165) is 33.2 Å². The van der Waals surface area contributed by atoms with Crippen LogP contribution in [-0.4, -0.2) is 34.7 Å². The number of amides is 2. The second-order valence-electron chi connectivity index (χ2n) is 7.71. The number of nitrogens with zero attached hydrogens (tertiary/aromatic N) is 1. The Kier molecular flexibility index (Phi) is 6.06. The van der Waals surface area contributed by atoms with Crippen LogP contribution >= 0.6 is 0 Å². The molecule has 1 aliphatic carbocycles. The summed E-state index contributed by atoms with van der Waals surface area (Å²) in [6.07, 6.45) is 6.63. The Morgan fingerprint density at radius 3 is 2.72 bits per heavy atom. The number of carbonyl (C=O) groups excluding carboxylic acids is 2. The van der Waals surface area contributed by atoms with Crippen LogP contribution in [0.5, 0.6) is 0 Å². The summed E-state index contributed by atoms with van der Waals surface area (Å²) in [7, 11) is 0. The fourth-order valence-corrected chi connectivity index (χ4v) is 4.04. The Hall–Kier alpha value is -3.08. The number of imide groups is 1. The second-order valence-corrected chi connectivity index (χ2v) is 7.71. The summed E-state index contributed by atoms with van der Waals surface area (Å²) in [4.78, 5) is 26.0. The number of rotatable bonds is 6. The summed E-state index contributed by atoms with van der Waals surface area (Å²) in [6, 6.07) is 7.31. The highest BCUT2D eigenvalue weighted by Crippen LogP contribution is 2.43. The zero-order chi connectivity index (χ0) is 21.1. The van der Waals surface area contributed by atoms with Gasteiger partial charge in [-0.1, -0.05) is 62.9 Å². The molecule has 1 aromatic carbocycles. The Labute approximate surface area is 171 Å². The van der Waals surface area contributed by atoms with Crippen molar-refractivity contribution >= 4 is 17.6 Å². The fourth-order valence-electron chi connectivity index (χ4n) is 4.04. The molecule has 29 heavy (non-hydrogen) atoms. The highest BCUT2D eigenvalue weighted by atomic mass is 16.6. The number of carbonyl (C=O) groups is 2. The third-order valence-electron chi connectivity index (χ3n) is 5.29. The second kappa shape index (κ2) is 8.52. The van der Waals surface area contributed by atoms with Gasteiger partial charge in [-0.3, -0.25) is 4.79 Å². The van der Waals surface area contributed by atoms with E-state index < -0.39 is 18.0 Å². The van der Waals surface area contributed by atoms with Crippen LogP contribution in [0.25, 0.3) is 5.57 Å². The predicted molar refractivity (Wildman–Crippen MR) is 113 cm³/mol. The lowest BCUT2D eigenvalue weighted by Crippen LogP contribution is -2.42. The van der Waals surface area contributed by atoms with Crippen molar-refractivity contribution in [3.8, 4) is 0 Å². The van der Waals surface area contributed by atoms with Gasteiger partial charge in [-0.05, 0) is 41.5 Å². The zero-order valence-electron chi connectivity index (χ0n) is 17.1. The first-order valence-corrected chi connectivity index (χ1v) is 9.88. The number of aliphatic hydroxyl groups excluding tert-OH is 1. The Morgan fingerprint density at radius 1 is 1.34 bits per heavy atom. The molecule has 0 radical (unpaired) electrons. The predicted octanol–water partition coefficient (Wildman–Crippen LogP) is 5.13. The number of fused-ring (bicyclic) bond motifs is 1. The average Bonchev–Trinajstić information content (AvgIpc) is 3.13. The maximum absolute atomic E-state index is 12.8. The molecule has 0 fully saturated rings. The standard InChI is InChI=1S/C24H27NO4/c1-5-9-17-16(6-2)18-10-7-8-11-19(18)20(17)14-29-24(28)25-21(12-15(3)4)22(26)13-23(25)27/h5-11,13,15,20-21,26H,2,12,14H2,1,3-4H3/b9-5-. The monoisotopic (exact) mass is 393 g/mol. The largest absolute Gasteiger partial charge is 0.510 e. The zero-order valence-corrected chi connectivity index (χ0v) is 17.1. The molecule has 2 atom stereocenters. The van der Waals surface area contributed by atoms with Gasteiger partial charge in [0.1, 0.15) is 18.4 Å². The van der Waals surface area contributed by atoms with E-state index in [9.17, 15) is 14.7 Å². The van der Waals surface area contributed by atoms with Gasteiger partial charge in [0, 0.05) is 12.0 Å². The summed E-state index contributed by atoms with van der Waals surface area (Å²) in [6.45, 7) is 9.92. The van der Waals surface area contributed by atoms with E-state index >= 15 is 0 Å². The van der Waals surface area contributed by atoms with E-state index in [0.29, 0.717) is 6.42 Å². The number of hydrogen-bond donors (Lipinski definition) is 1. The maximum atomic E-state index is 12.8. The molecule has 3 rings (SSSR count). The van der Waals surface area contributed by atoms with E-state index in [1.165, 1.54) is 0 Å². The average molecular weight is 393 g/mol. The van der Waals surface area contributed by atoms with Crippen LogP contribution in [0, 0.1) is 5.92 Å². The summed E-state index contributed by atoms with van der Waals surface area (Å²) < 4.78 is 5.59. The SMILES string of the molecule is C=CC1=C(/C=C\C)C(COC(=O)N2C(=O)C=C(O)C2CC(C)C)c2ccccc21. The smallest absolute Gasteiger partial charge is 0.417 e. The molecular formula is C24H27NO4. The van der Waals surface area contributed by atoms with Crippen LogP contribution in [-0.2, 0) is 9.53 Å². The first kappa shape index (κ1) is 20.6. The minimum absolute atomic E-state index is 0.0877. The lowest BCUT2D eigenvalue weighted by molar-refractivity contribution is -0.124. The molecule has 0 aromatic heterocycles. The van der Waals surface area contributed by atoms with E-state index in [2.05, 4.69) is 6.58 Å². The Balaban J connectivity index is 1.81. The van der Waals surface area contributed by atoms with Crippen LogP contribution in [0.1, 0.15) is 44.2 Å². The van der Waals surface area contributed by atoms with Crippen LogP contribution in [0.4, 0.5) is 4.79 Å². The van der Waals surface area contributed by atoms with Crippen LogP contribution in [0.15, 0.2) is 66.5 Å². The molecule has 2 unspecified atom stereocenters. The van der Waals surface area contributed by atoms with Gasteiger partial charge in [-0.2, -0.15) is 0 Å². The summed E-state index contributed by atoms with van der Waals surface area (Å²) in [5, 5.41) is 10.1. The Bertz CT molecular complexity index is 923. The molecule has 5 nitrogen and oxygen atoms in total. The first-order chi connectivity index (χ1) is 13.9. The lowest BCUT2D eigenvalue weighted by Gasteiger charge is -2.25. The van der Waals surface area contributed by atoms with Crippen molar-refractivity contribution in [3.63, 3.8) is 0 Å². The van der Waals surface area contributed by atoms with E-state index in [1.54, 1.807) is 0 Å². The molecule has 0 saturated heterocycles. The number of aliphatic hydroxyl groups is 1. The highest BCUT2D eigenvalue weighted by molar-refractivity contribution is 6.02. The van der Waals surface area contributed by atoms with Crippen LogP contribution < -0.4 is 0 Å². The molecule has 1 heterocycles. The molecule has 152 valence electrons. The quantitative estimate of drug-likeness (QED) is 0.727. The molecule has 1 aromatic rings. The van der Waals surface area contributed by atoms with Gasteiger partial charge < -0.3 is 9.84 Å². The molecule has 0 saturated carbocycles. The van der Waals surface area contributed by atoms with Crippen LogP contribution in [0.2, 0.25) is 0 Å². The summed E-state index contributed by atoms with van der Waals surface area (Å²) in [5.74, 6) is -0.559. The summed E-state index contributed by atoms with van der Waals surface area (Å²) in [5.41, 5.74) is 4.19. The van der Waals surface area contributed by atoms with Crippen molar-refractivity contribution in [3.05, 3.63) is 77.6 Å². The van der Waals surface area contributed by atoms with Crippen molar-refractivity contribution in [2.75, 3.05) is 6.61 Å². The number of ether oxygens (including phenoxy) is 1. The normalized spacial score (nSPS) is 21.2. The van der Waals surface area contributed by atoms with Crippen molar-refractivity contribution in [2.45, 2.75) is 39.2 Å². The third-order valence-corrected chi connectivity index (χ3v) is 5.29. The fraction of sp³-hybridized carbons (Fsp3) is 0.333. The third kappa shape index (κ3) is 3.90. The molecule has 0 bridgehead atoms. The van der Waals surface area contributed by atoms with Gasteiger partial charge in [-0.25, -0.2) is 9.69 Å². The molecule has 0 spiro atoms. The van der Waals surface area contributed by atoms with Gasteiger partial charge in [0.2, 0.25) is 0 Å². The van der Waals surface area contributed by atoms with Gasteiger partial charge in [-0.15, -0.1) is 0 Å². The minimum Gasteiger partial charge on any atom is -0.510 e. The molecule has 2 amide bonds. The topological polar surface area (TPSA) is 66.8 Å². The van der Waals surface area contributed by atoms with Gasteiger partial charge in [0.25, 0.3) is 5.91 Å². The molecule has 1 aliphatic heterocycles. The van der Waals surface area contributed by atoms with E-state index in [1.807, 2.05) is 63.3 Å². The first-order valence-electron chi connectivity index (χ1n) is 9.88. The van der Waals surface area contributed by atoms with E-state index in [4.69, 9.17) is 4.74 Å². The molecular weight excluding hydrogens is 366 g/mol. The van der Waals surface area contributed by atoms with E-state index in [-0.39, 0.29) is 24.2 Å². The van der Waals surface area contributed by atoms with Crippen molar-refractivity contribution in [1.82, 2.24) is 4.90 Å². The number of allylic oxidation sites excluding steroid dienone is 4. The summed E-state index contributed by atoms with van der Waals surface area (Å²) >= 11 is 0. The van der Waals surface area contributed by atoms with Gasteiger partial charge in [0.15, 0.2) is 0 Å². The van der Waals surface area contributed by atoms with Crippen molar-refractivity contribution < 1.29 is 19.4 Å². The van der Waals surface area contributed by atoms with Gasteiger partial charge >= 0.3 is 6.09 Å². The molecule has 2 aliphatic rings.